The number of hydrogen-bond donors (Lipinski definition) is 1. The highest BCUT2D eigenvalue weighted by Crippen LogP contribution is 2.30. The minimum atomic E-state index is 0.270. The fourth-order valence-electron chi connectivity index (χ4n) is 2.39. The van der Waals surface area contributed by atoms with Crippen LogP contribution in [-0.2, 0) is 15.9 Å². The standard InChI is InChI=1S/C13H23N3O3/c1-17-7-8-18-6-5-12-15-13(19-16-12)10-3-2-4-11(14)9-10/h10-11H,2-9,14H2,1H3. The average Bonchev–Trinajstić information content (AvgIpc) is 2.87. The molecule has 2 unspecified atom stereocenters. The second-order valence-electron chi connectivity index (χ2n) is 5.03. The van der Waals surface area contributed by atoms with Crippen molar-refractivity contribution < 1.29 is 14.0 Å². The quantitative estimate of drug-likeness (QED) is 0.750. The van der Waals surface area contributed by atoms with Gasteiger partial charge in [-0.1, -0.05) is 11.6 Å². The topological polar surface area (TPSA) is 83.4 Å². The molecule has 2 N–H and O–H groups in total. The monoisotopic (exact) mass is 269 g/mol. The van der Waals surface area contributed by atoms with E-state index in [1.54, 1.807) is 7.11 Å². The van der Waals surface area contributed by atoms with Gasteiger partial charge in [0.05, 0.1) is 19.8 Å². The Hall–Kier alpha value is -0.980. The Morgan fingerprint density at radius 3 is 3.00 bits per heavy atom. The van der Waals surface area contributed by atoms with Crippen LogP contribution in [0.1, 0.15) is 43.3 Å². The molecule has 1 saturated carbocycles. The summed E-state index contributed by atoms with van der Waals surface area (Å²) < 4.78 is 15.6. The highest BCUT2D eigenvalue weighted by molar-refractivity contribution is 4.97. The highest BCUT2D eigenvalue weighted by atomic mass is 16.5. The summed E-state index contributed by atoms with van der Waals surface area (Å²) in [6.45, 7) is 1.79. The molecule has 1 heterocycles. The van der Waals surface area contributed by atoms with Gasteiger partial charge in [0.1, 0.15) is 0 Å². The summed E-state index contributed by atoms with van der Waals surface area (Å²) in [5.41, 5.74) is 5.97. The molecule has 6 nitrogen and oxygen atoms in total. The third-order valence-electron chi connectivity index (χ3n) is 3.45. The first-order valence-corrected chi connectivity index (χ1v) is 6.94. The zero-order valence-corrected chi connectivity index (χ0v) is 11.5. The minimum absolute atomic E-state index is 0.270. The molecule has 0 aliphatic heterocycles. The smallest absolute Gasteiger partial charge is 0.229 e. The van der Waals surface area contributed by atoms with E-state index >= 15 is 0 Å². The third-order valence-corrected chi connectivity index (χ3v) is 3.45. The number of methoxy groups -OCH3 is 1. The maximum Gasteiger partial charge on any atom is 0.229 e. The molecule has 0 aromatic carbocycles. The second-order valence-corrected chi connectivity index (χ2v) is 5.03. The van der Waals surface area contributed by atoms with Crippen LogP contribution in [0.3, 0.4) is 0 Å². The van der Waals surface area contributed by atoms with E-state index in [1.807, 2.05) is 0 Å². The predicted molar refractivity (Wildman–Crippen MR) is 69.9 cm³/mol. The summed E-state index contributed by atoms with van der Waals surface area (Å²) in [4.78, 5) is 4.44. The number of aromatic nitrogens is 2. The summed E-state index contributed by atoms with van der Waals surface area (Å²) in [5, 5.41) is 4.00. The lowest BCUT2D eigenvalue weighted by Crippen LogP contribution is -2.26. The van der Waals surface area contributed by atoms with Crippen LogP contribution >= 0.6 is 0 Å². The number of nitrogens with two attached hydrogens (primary N) is 1. The summed E-state index contributed by atoms with van der Waals surface area (Å²) in [5.74, 6) is 1.79. The molecule has 1 aromatic rings. The Bertz CT molecular complexity index is 370. The second kappa shape index (κ2) is 7.57. The molecular formula is C13H23N3O3. The van der Waals surface area contributed by atoms with E-state index in [2.05, 4.69) is 10.1 Å². The molecule has 1 fully saturated rings. The molecule has 0 radical (unpaired) electrons. The lowest BCUT2D eigenvalue weighted by molar-refractivity contribution is 0.0714. The van der Waals surface area contributed by atoms with Crippen molar-refractivity contribution in [1.82, 2.24) is 10.1 Å². The normalized spacial score (nSPS) is 23.7. The fraction of sp³-hybridized carbons (Fsp3) is 0.846. The number of ether oxygens (including phenoxy) is 2. The zero-order chi connectivity index (χ0) is 13.5. The molecule has 108 valence electrons. The Morgan fingerprint density at radius 2 is 2.21 bits per heavy atom. The molecule has 0 spiro atoms. The largest absolute Gasteiger partial charge is 0.382 e. The van der Waals surface area contributed by atoms with Crippen LogP contribution in [0.2, 0.25) is 0 Å². The molecule has 19 heavy (non-hydrogen) atoms. The van der Waals surface area contributed by atoms with Gasteiger partial charge in [0, 0.05) is 25.5 Å². The van der Waals surface area contributed by atoms with E-state index < -0.39 is 0 Å². The number of hydrogen-bond acceptors (Lipinski definition) is 6. The third kappa shape index (κ3) is 4.56. The van der Waals surface area contributed by atoms with Crippen LogP contribution in [0.5, 0.6) is 0 Å². The maximum absolute atomic E-state index is 5.97. The maximum atomic E-state index is 5.97. The zero-order valence-electron chi connectivity index (χ0n) is 11.5. The van der Waals surface area contributed by atoms with Crippen LogP contribution in [0.25, 0.3) is 0 Å². The highest BCUT2D eigenvalue weighted by Gasteiger charge is 2.25. The SMILES string of the molecule is COCCOCCc1noc(C2CCCC(N)C2)n1. The molecule has 2 atom stereocenters. The van der Waals surface area contributed by atoms with E-state index in [0.29, 0.717) is 38.0 Å². The first-order chi connectivity index (χ1) is 9.29. The lowest BCUT2D eigenvalue weighted by atomic mass is 9.86. The molecule has 0 saturated heterocycles. The van der Waals surface area contributed by atoms with Crippen molar-refractivity contribution in [3.8, 4) is 0 Å². The molecular weight excluding hydrogens is 246 g/mol. The first-order valence-electron chi connectivity index (χ1n) is 6.94. The van der Waals surface area contributed by atoms with Gasteiger partial charge in [-0.05, 0) is 19.3 Å². The summed E-state index contributed by atoms with van der Waals surface area (Å²) >= 11 is 0. The summed E-state index contributed by atoms with van der Waals surface area (Å²) in [6.07, 6.45) is 4.96. The van der Waals surface area contributed by atoms with Crippen LogP contribution in [0, 0.1) is 0 Å². The molecule has 0 bridgehead atoms. The van der Waals surface area contributed by atoms with E-state index in [1.165, 1.54) is 0 Å². The van der Waals surface area contributed by atoms with Crippen LogP contribution < -0.4 is 5.73 Å². The molecule has 1 aromatic heterocycles. The van der Waals surface area contributed by atoms with Gasteiger partial charge < -0.3 is 19.7 Å². The van der Waals surface area contributed by atoms with Crippen LogP contribution in [0.15, 0.2) is 4.52 Å². The van der Waals surface area contributed by atoms with Gasteiger partial charge >= 0.3 is 0 Å². The Kier molecular flexibility index (Phi) is 5.75. The van der Waals surface area contributed by atoms with Crippen molar-refractivity contribution in [1.29, 1.82) is 0 Å². The van der Waals surface area contributed by atoms with Crippen LogP contribution in [0.4, 0.5) is 0 Å². The van der Waals surface area contributed by atoms with Crippen molar-refractivity contribution in [2.45, 2.75) is 44.1 Å². The Morgan fingerprint density at radius 1 is 1.32 bits per heavy atom. The van der Waals surface area contributed by atoms with Gasteiger partial charge in [0.2, 0.25) is 5.89 Å². The van der Waals surface area contributed by atoms with Crippen molar-refractivity contribution in [3.63, 3.8) is 0 Å². The van der Waals surface area contributed by atoms with Gasteiger partial charge in [-0.3, -0.25) is 0 Å². The van der Waals surface area contributed by atoms with Gasteiger partial charge in [0.15, 0.2) is 5.82 Å². The first kappa shape index (κ1) is 14.4. The molecule has 1 aliphatic rings. The van der Waals surface area contributed by atoms with Gasteiger partial charge in [-0.25, -0.2) is 0 Å². The lowest BCUT2D eigenvalue weighted by Gasteiger charge is -2.23. The number of nitrogens with zero attached hydrogens (tertiary/aromatic N) is 2. The van der Waals surface area contributed by atoms with Gasteiger partial charge in [-0.15, -0.1) is 0 Å². The number of rotatable bonds is 7. The van der Waals surface area contributed by atoms with Crippen molar-refractivity contribution in [3.05, 3.63) is 11.7 Å². The van der Waals surface area contributed by atoms with Gasteiger partial charge in [0.25, 0.3) is 0 Å². The van der Waals surface area contributed by atoms with Gasteiger partial charge in [-0.2, -0.15) is 4.98 Å². The summed E-state index contributed by atoms with van der Waals surface area (Å²) in [6, 6.07) is 0.270. The molecule has 1 aliphatic carbocycles. The Labute approximate surface area is 113 Å². The average molecular weight is 269 g/mol. The molecule has 6 heteroatoms. The Balaban J connectivity index is 1.75. The van der Waals surface area contributed by atoms with E-state index in [4.69, 9.17) is 19.7 Å². The minimum Gasteiger partial charge on any atom is -0.382 e. The van der Waals surface area contributed by atoms with E-state index in [-0.39, 0.29) is 6.04 Å². The van der Waals surface area contributed by atoms with Crippen molar-refractivity contribution >= 4 is 0 Å². The summed E-state index contributed by atoms with van der Waals surface area (Å²) in [7, 11) is 1.66. The molecule has 0 amide bonds. The fourth-order valence-corrected chi connectivity index (χ4v) is 2.39. The van der Waals surface area contributed by atoms with Crippen molar-refractivity contribution in [2.24, 2.45) is 5.73 Å². The van der Waals surface area contributed by atoms with Crippen molar-refractivity contribution in [2.75, 3.05) is 26.9 Å². The van der Waals surface area contributed by atoms with Crippen LogP contribution in [-0.4, -0.2) is 43.1 Å². The molecule has 2 rings (SSSR count). The predicted octanol–water partition coefficient (Wildman–Crippen LogP) is 1.26. The van der Waals surface area contributed by atoms with E-state index in [0.717, 1.165) is 31.6 Å². The van der Waals surface area contributed by atoms with E-state index in [9.17, 15) is 0 Å².